The number of carbonyl (C=O) groups excluding carboxylic acids is 1. The second-order valence-corrected chi connectivity index (χ2v) is 6.19. The number of pyridine rings is 2. The van der Waals surface area contributed by atoms with Gasteiger partial charge in [0.1, 0.15) is 5.82 Å². The highest BCUT2D eigenvalue weighted by molar-refractivity contribution is 5.98. The highest BCUT2D eigenvalue weighted by Gasteiger charge is 2.20. The Balaban J connectivity index is 2.40. The monoisotopic (exact) mass is 376 g/mol. The lowest BCUT2D eigenvalue weighted by Gasteiger charge is -2.23. The maximum Gasteiger partial charge on any atom is 0.252 e. The molecule has 0 spiro atoms. The van der Waals surface area contributed by atoms with Gasteiger partial charge >= 0.3 is 0 Å². The van der Waals surface area contributed by atoms with Crippen molar-refractivity contribution < 1.29 is 13.9 Å². The number of hydrogen-bond donors (Lipinski definition) is 4. The molecule has 0 aromatic carbocycles. The van der Waals surface area contributed by atoms with Crippen molar-refractivity contribution in [2.45, 2.75) is 38.8 Å². The summed E-state index contributed by atoms with van der Waals surface area (Å²) in [5, 5.41) is 5.98. The van der Waals surface area contributed by atoms with Gasteiger partial charge in [-0.3, -0.25) is 4.79 Å². The molecule has 0 aliphatic rings. The maximum absolute atomic E-state index is 14.5. The molecular weight excluding hydrogens is 351 g/mol. The third kappa shape index (κ3) is 5.27. The van der Waals surface area contributed by atoms with E-state index in [1.54, 1.807) is 12.1 Å². The molecule has 2 rings (SSSR count). The topological polar surface area (TPSA) is 128 Å². The lowest BCUT2D eigenvalue weighted by atomic mass is 10.1. The van der Waals surface area contributed by atoms with Crippen molar-refractivity contribution in [3.05, 3.63) is 35.8 Å². The third-order valence-electron chi connectivity index (χ3n) is 4.00. The predicted molar refractivity (Wildman–Crippen MR) is 103 cm³/mol. The molecule has 0 fully saturated rings. The van der Waals surface area contributed by atoms with E-state index in [0.717, 1.165) is 18.9 Å². The Labute approximate surface area is 157 Å². The summed E-state index contributed by atoms with van der Waals surface area (Å²) >= 11 is 0. The van der Waals surface area contributed by atoms with E-state index in [1.807, 2.05) is 13.8 Å². The van der Waals surface area contributed by atoms with E-state index in [9.17, 15) is 9.18 Å². The third-order valence-corrected chi connectivity index (χ3v) is 4.00. The Morgan fingerprint density at radius 1 is 1.37 bits per heavy atom. The molecule has 2 aromatic heterocycles. The van der Waals surface area contributed by atoms with Crippen LogP contribution in [0.15, 0.2) is 24.4 Å². The van der Waals surface area contributed by atoms with Gasteiger partial charge in [-0.05, 0) is 25.5 Å². The number of ether oxygens (including phenoxy) is 1. The summed E-state index contributed by atoms with van der Waals surface area (Å²) in [7, 11) is 1.49. The molecule has 8 nitrogen and oxygen atoms in total. The number of carbonyl (C=O) groups is 1. The zero-order valence-corrected chi connectivity index (χ0v) is 15.6. The predicted octanol–water partition coefficient (Wildman–Crippen LogP) is 2.39. The fraction of sp³-hybridized carbons (Fsp3) is 0.389. The van der Waals surface area contributed by atoms with E-state index in [2.05, 4.69) is 20.6 Å². The highest BCUT2D eigenvalue weighted by atomic mass is 19.1. The number of rotatable bonds is 9. The van der Waals surface area contributed by atoms with Gasteiger partial charge in [0.15, 0.2) is 11.6 Å². The van der Waals surface area contributed by atoms with Crippen LogP contribution in [0.4, 0.5) is 21.7 Å². The summed E-state index contributed by atoms with van der Waals surface area (Å²) in [6.45, 7) is 3.85. The number of halogens is 1. The van der Waals surface area contributed by atoms with Crippen LogP contribution in [0.1, 0.15) is 37.0 Å². The van der Waals surface area contributed by atoms with Crippen molar-refractivity contribution in [1.29, 1.82) is 0 Å². The summed E-state index contributed by atoms with van der Waals surface area (Å²) in [6, 6.07) is 3.97. The minimum Gasteiger partial charge on any atom is -0.481 e. The van der Waals surface area contributed by atoms with Crippen molar-refractivity contribution in [2.75, 3.05) is 17.7 Å². The molecule has 0 aliphatic heterocycles. The Hall–Kier alpha value is -2.94. The van der Waals surface area contributed by atoms with Gasteiger partial charge < -0.3 is 26.8 Å². The molecule has 2 heterocycles. The number of nitrogens with one attached hydrogen (secondary N) is 2. The van der Waals surface area contributed by atoms with Crippen LogP contribution in [-0.4, -0.2) is 35.1 Å². The van der Waals surface area contributed by atoms with Crippen LogP contribution in [0, 0.1) is 5.82 Å². The minimum atomic E-state index is -0.797. The van der Waals surface area contributed by atoms with Gasteiger partial charge in [-0.25, -0.2) is 14.4 Å². The van der Waals surface area contributed by atoms with Gasteiger partial charge in [-0.1, -0.05) is 13.3 Å². The Kier molecular flexibility index (Phi) is 6.89. The van der Waals surface area contributed by atoms with Gasteiger partial charge in [-0.15, -0.1) is 0 Å². The van der Waals surface area contributed by atoms with E-state index in [0.29, 0.717) is 11.6 Å². The van der Waals surface area contributed by atoms with Crippen molar-refractivity contribution in [3.8, 4) is 5.88 Å². The quantitative estimate of drug-likeness (QED) is 0.529. The first-order chi connectivity index (χ1) is 12.8. The standard InChI is InChI=1S/C18H25FN6O2/c1-4-5-14(10(2)20)24-18-13(19)9-12(16(21)26)17(25-18)23-11-6-7-22-15(8-11)27-3/h6-10,14H,4-5,20H2,1-3H3,(H2,21,26)(H2,22,23,24,25)/t10-,14+/m0/s1. The number of nitrogens with zero attached hydrogens (tertiary/aromatic N) is 2. The zero-order chi connectivity index (χ0) is 20.0. The Bertz CT molecular complexity index is 799. The average molecular weight is 376 g/mol. The summed E-state index contributed by atoms with van der Waals surface area (Å²) in [4.78, 5) is 20.0. The summed E-state index contributed by atoms with van der Waals surface area (Å²) in [5.41, 5.74) is 11.8. The first kappa shape index (κ1) is 20.4. The molecule has 1 amide bonds. The van der Waals surface area contributed by atoms with Gasteiger partial charge in [0.25, 0.3) is 5.91 Å². The van der Waals surface area contributed by atoms with Crippen molar-refractivity contribution in [2.24, 2.45) is 11.5 Å². The second-order valence-electron chi connectivity index (χ2n) is 6.19. The molecule has 27 heavy (non-hydrogen) atoms. The number of amides is 1. The molecule has 0 saturated carbocycles. The molecule has 0 radical (unpaired) electrons. The molecule has 0 aliphatic carbocycles. The molecule has 2 aromatic rings. The fourth-order valence-electron chi connectivity index (χ4n) is 2.56. The molecule has 0 unspecified atom stereocenters. The van der Waals surface area contributed by atoms with Gasteiger partial charge in [0, 0.05) is 30.0 Å². The molecular formula is C18H25FN6O2. The summed E-state index contributed by atoms with van der Waals surface area (Å²) in [5.74, 6) is -0.975. The average Bonchev–Trinajstić information content (AvgIpc) is 2.63. The van der Waals surface area contributed by atoms with Crippen LogP contribution >= 0.6 is 0 Å². The van der Waals surface area contributed by atoms with Crippen LogP contribution in [-0.2, 0) is 0 Å². The molecule has 146 valence electrons. The van der Waals surface area contributed by atoms with Crippen molar-refractivity contribution in [3.63, 3.8) is 0 Å². The smallest absolute Gasteiger partial charge is 0.252 e. The molecule has 6 N–H and O–H groups in total. The maximum atomic E-state index is 14.5. The van der Waals surface area contributed by atoms with E-state index in [4.69, 9.17) is 16.2 Å². The number of anilines is 3. The van der Waals surface area contributed by atoms with Crippen LogP contribution in [0.5, 0.6) is 5.88 Å². The van der Waals surface area contributed by atoms with Crippen molar-refractivity contribution >= 4 is 23.2 Å². The molecule has 0 saturated heterocycles. The molecule has 0 bridgehead atoms. The van der Waals surface area contributed by atoms with Gasteiger partial charge in [0.05, 0.1) is 12.7 Å². The number of primary amides is 1. The first-order valence-electron chi connectivity index (χ1n) is 8.65. The van der Waals surface area contributed by atoms with E-state index >= 15 is 0 Å². The molecule has 9 heteroatoms. The van der Waals surface area contributed by atoms with Gasteiger partial charge in [0.2, 0.25) is 5.88 Å². The minimum absolute atomic E-state index is 0.000675. The van der Waals surface area contributed by atoms with E-state index in [-0.39, 0.29) is 29.3 Å². The second kappa shape index (κ2) is 9.13. The summed E-state index contributed by atoms with van der Waals surface area (Å²) < 4.78 is 19.6. The Morgan fingerprint density at radius 3 is 2.70 bits per heavy atom. The van der Waals surface area contributed by atoms with Crippen LogP contribution < -0.4 is 26.8 Å². The van der Waals surface area contributed by atoms with E-state index < -0.39 is 11.7 Å². The Morgan fingerprint density at radius 2 is 2.11 bits per heavy atom. The number of aromatic nitrogens is 2. The highest BCUT2D eigenvalue weighted by Crippen LogP contribution is 2.25. The van der Waals surface area contributed by atoms with Crippen LogP contribution in [0.3, 0.4) is 0 Å². The SMILES string of the molecule is CCC[C@@H](Nc1nc(Nc2ccnc(OC)c2)c(C(N)=O)cc1F)[C@H](C)N. The molecule has 2 atom stereocenters. The summed E-state index contributed by atoms with van der Waals surface area (Å²) in [6.07, 6.45) is 3.16. The van der Waals surface area contributed by atoms with E-state index in [1.165, 1.54) is 13.3 Å². The number of hydrogen-bond acceptors (Lipinski definition) is 7. The number of methoxy groups -OCH3 is 1. The van der Waals surface area contributed by atoms with Crippen LogP contribution in [0.25, 0.3) is 0 Å². The van der Waals surface area contributed by atoms with Crippen LogP contribution in [0.2, 0.25) is 0 Å². The van der Waals surface area contributed by atoms with Crippen molar-refractivity contribution in [1.82, 2.24) is 9.97 Å². The lowest BCUT2D eigenvalue weighted by Crippen LogP contribution is -2.38. The first-order valence-corrected chi connectivity index (χ1v) is 8.65. The largest absolute Gasteiger partial charge is 0.481 e. The van der Waals surface area contributed by atoms with Gasteiger partial charge in [-0.2, -0.15) is 0 Å². The number of nitrogens with two attached hydrogens (primary N) is 2. The zero-order valence-electron chi connectivity index (χ0n) is 15.6. The lowest BCUT2D eigenvalue weighted by molar-refractivity contribution is 0.100. The fourth-order valence-corrected chi connectivity index (χ4v) is 2.56. The normalized spacial score (nSPS) is 12.9.